The number of carbonyl (C=O) groups excluding carboxylic acids is 2. The van der Waals surface area contributed by atoms with E-state index < -0.39 is 0 Å². The summed E-state index contributed by atoms with van der Waals surface area (Å²) >= 11 is 1.71. The number of halogens is 2. The molecule has 0 unspecified atom stereocenters. The highest BCUT2D eigenvalue weighted by atomic mass is 35.5. The van der Waals surface area contributed by atoms with Crippen molar-refractivity contribution in [3.05, 3.63) is 59.1 Å². The maximum Gasteiger partial charge on any atom is 0.253 e. The summed E-state index contributed by atoms with van der Waals surface area (Å²) in [4.78, 5) is 29.1. The lowest BCUT2D eigenvalue weighted by molar-refractivity contribution is -0.116. The van der Waals surface area contributed by atoms with Crippen LogP contribution < -0.4 is 16.4 Å². The molecule has 1 heterocycles. The Morgan fingerprint density at radius 2 is 1.73 bits per heavy atom. The first kappa shape index (κ1) is 25.8. The average molecular weight is 469 g/mol. The first-order valence-corrected chi connectivity index (χ1v) is 10.2. The zero-order valence-electron chi connectivity index (χ0n) is 16.4. The molecule has 4 N–H and O–H groups in total. The summed E-state index contributed by atoms with van der Waals surface area (Å²) < 4.78 is 1.19. The van der Waals surface area contributed by atoms with Gasteiger partial charge in [0.15, 0.2) is 0 Å². The fourth-order valence-electron chi connectivity index (χ4n) is 2.87. The number of hydrogen-bond donors (Lipinski definition) is 3. The molecule has 9 heteroatoms. The van der Waals surface area contributed by atoms with E-state index in [4.69, 9.17) is 5.73 Å². The standard InChI is InChI=1S/C21H24N4O2S.2ClH/c22-13-14-23-21(27)15-7-1-2-8-16(15)24-19(26)11-5-6-12-20-25-17-9-3-4-10-18(17)28-20;;/h1-4,7-10H,5-6,11-14,22H2,(H,23,27)(H,24,26);2*1H. The number of fused-ring (bicyclic) bond motifs is 1. The SMILES string of the molecule is Cl.Cl.NCCNC(=O)c1ccccc1NC(=O)CCCCc1nc2ccccc2s1. The molecule has 2 amide bonds. The monoisotopic (exact) mass is 468 g/mol. The van der Waals surface area contributed by atoms with E-state index in [1.165, 1.54) is 4.70 Å². The molecular weight excluding hydrogens is 443 g/mol. The van der Waals surface area contributed by atoms with E-state index in [2.05, 4.69) is 21.7 Å². The molecule has 6 nitrogen and oxygen atoms in total. The third-order valence-corrected chi connectivity index (χ3v) is 5.35. The number of carbonyl (C=O) groups is 2. The van der Waals surface area contributed by atoms with Crippen LogP contribution in [0.4, 0.5) is 5.69 Å². The van der Waals surface area contributed by atoms with Gasteiger partial charge in [-0.15, -0.1) is 36.2 Å². The van der Waals surface area contributed by atoms with Gasteiger partial charge in [-0.25, -0.2) is 4.98 Å². The summed E-state index contributed by atoms with van der Waals surface area (Å²) in [7, 11) is 0. The third-order valence-electron chi connectivity index (χ3n) is 4.26. The molecule has 3 rings (SSSR count). The lowest BCUT2D eigenvalue weighted by atomic mass is 10.1. The minimum Gasteiger partial charge on any atom is -0.351 e. The minimum absolute atomic E-state index is 0. The van der Waals surface area contributed by atoms with E-state index in [1.54, 1.807) is 35.6 Å². The smallest absolute Gasteiger partial charge is 0.253 e. The molecular formula is C21H26Cl2N4O2S. The molecule has 0 aliphatic carbocycles. The van der Waals surface area contributed by atoms with Gasteiger partial charge in [0.25, 0.3) is 5.91 Å². The topological polar surface area (TPSA) is 97.1 Å². The summed E-state index contributed by atoms with van der Waals surface area (Å²) in [5.74, 6) is -0.333. The van der Waals surface area contributed by atoms with Gasteiger partial charge in [-0.05, 0) is 43.5 Å². The zero-order chi connectivity index (χ0) is 19.8. The largest absolute Gasteiger partial charge is 0.351 e. The quantitative estimate of drug-likeness (QED) is 0.410. The minimum atomic E-state index is -0.239. The maximum atomic E-state index is 12.3. The molecule has 0 radical (unpaired) electrons. The number of amides is 2. The van der Waals surface area contributed by atoms with Crippen LogP contribution in [0.3, 0.4) is 0 Å². The van der Waals surface area contributed by atoms with Gasteiger partial charge in [0.2, 0.25) is 5.91 Å². The van der Waals surface area contributed by atoms with Gasteiger partial charge < -0.3 is 16.4 Å². The second kappa shape index (κ2) is 13.2. The van der Waals surface area contributed by atoms with Crippen molar-refractivity contribution < 1.29 is 9.59 Å². The number of nitrogens with two attached hydrogens (primary N) is 1. The van der Waals surface area contributed by atoms with Crippen LogP contribution in [0, 0.1) is 0 Å². The van der Waals surface area contributed by atoms with Crippen molar-refractivity contribution >= 4 is 63.9 Å². The van der Waals surface area contributed by atoms with Crippen LogP contribution in [0.15, 0.2) is 48.5 Å². The number of aryl methyl sites for hydroxylation is 1. The number of rotatable bonds is 9. The number of para-hydroxylation sites is 2. The predicted octanol–water partition coefficient (Wildman–Crippen LogP) is 4.18. The second-order valence-corrected chi connectivity index (χ2v) is 7.54. The third kappa shape index (κ3) is 7.25. The number of aromatic nitrogens is 1. The van der Waals surface area contributed by atoms with Crippen molar-refractivity contribution in [2.75, 3.05) is 18.4 Å². The molecule has 0 atom stereocenters. The highest BCUT2D eigenvalue weighted by Gasteiger charge is 2.12. The Kier molecular flexibility index (Phi) is 11.4. The first-order valence-electron chi connectivity index (χ1n) is 9.39. The molecule has 3 aromatic rings. The summed E-state index contributed by atoms with van der Waals surface area (Å²) in [5.41, 5.74) is 7.41. The molecule has 0 aliphatic rings. The van der Waals surface area contributed by atoms with Crippen molar-refractivity contribution in [2.45, 2.75) is 25.7 Å². The summed E-state index contributed by atoms with van der Waals surface area (Å²) in [6.45, 7) is 0.766. The van der Waals surface area contributed by atoms with Gasteiger partial charge in [-0.1, -0.05) is 24.3 Å². The first-order chi connectivity index (χ1) is 13.7. The molecule has 162 valence electrons. The fourth-order valence-corrected chi connectivity index (χ4v) is 3.88. The highest BCUT2D eigenvalue weighted by Crippen LogP contribution is 2.23. The van der Waals surface area contributed by atoms with E-state index in [0.29, 0.717) is 30.8 Å². The Hall–Kier alpha value is -2.19. The Morgan fingerprint density at radius 3 is 2.50 bits per heavy atom. The average Bonchev–Trinajstić information content (AvgIpc) is 3.12. The van der Waals surface area contributed by atoms with Crippen molar-refractivity contribution in [2.24, 2.45) is 5.73 Å². The van der Waals surface area contributed by atoms with Gasteiger partial charge in [0.05, 0.1) is 26.5 Å². The van der Waals surface area contributed by atoms with Crippen LogP contribution in [0.25, 0.3) is 10.2 Å². The Labute approximate surface area is 192 Å². The van der Waals surface area contributed by atoms with E-state index in [-0.39, 0.29) is 36.6 Å². The van der Waals surface area contributed by atoms with Crippen LogP contribution in [-0.2, 0) is 11.2 Å². The summed E-state index contributed by atoms with van der Waals surface area (Å²) in [5, 5.41) is 6.67. The molecule has 0 saturated heterocycles. The number of thiazole rings is 1. The van der Waals surface area contributed by atoms with E-state index in [1.807, 2.05) is 18.2 Å². The summed E-state index contributed by atoms with van der Waals surface area (Å²) in [6, 6.07) is 15.1. The molecule has 0 fully saturated rings. The maximum absolute atomic E-state index is 12.3. The van der Waals surface area contributed by atoms with Crippen LogP contribution in [0.2, 0.25) is 0 Å². The van der Waals surface area contributed by atoms with Crippen molar-refractivity contribution in [3.63, 3.8) is 0 Å². The van der Waals surface area contributed by atoms with E-state index >= 15 is 0 Å². The lowest BCUT2D eigenvalue weighted by Gasteiger charge is -2.11. The number of unbranched alkanes of at least 4 members (excludes halogenated alkanes) is 1. The lowest BCUT2D eigenvalue weighted by Crippen LogP contribution is -2.29. The Bertz CT molecular complexity index is 932. The van der Waals surface area contributed by atoms with Gasteiger partial charge in [0.1, 0.15) is 0 Å². The fraction of sp³-hybridized carbons (Fsp3) is 0.286. The molecule has 1 aromatic heterocycles. The molecule has 0 aliphatic heterocycles. The van der Waals surface area contributed by atoms with Crippen molar-refractivity contribution in [1.82, 2.24) is 10.3 Å². The number of hydrogen-bond acceptors (Lipinski definition) is 5. The molecule has 2 aromatic carbocycles. The van der Waals surface area contributed by atoms with Gasteiger partial charge >= 0.3 is 0 Å². The van der Waals surface area contributed by atoms with Gasteiger partial charge in [-0.2, -0.15) is 0 Å². The van der Waals surface area contributed by atoms with Gasteiger partial charge in [-0.3, -0.25) is 9.59 Å². The van der Waals surface area contributed by atoms with Crippen LogP contribution in [0.1, 0.15) is 34.6 Å². The number of nitrogens with zero attached hydrogens (tertiary/aromatic N) is 1. The van der Waals surface area contributed by atoms with E-state index in [0.717, 1.165) is 29.8 Å². The van der Waals surface area contributed by atoms with Crippen LogP contribution in [0.5, 0.6) is 0 Å². The predicted molar refractivity (Wildman–Crippen MR) is 128 cm³/mol. The van der Waals surface area contributed by atoms with Crippen LogP contribution in [-0.4, -0.2) is 29.9 Å². The normalized spacial score (nSPS) is 10.0. The zero-order valence-corrected chi connectivity index (χ0v) is 18.9. The van der Waals surface area contributed by atoms with Crippen molar-refractivity contribution in [3.8, 4) is 0 Å². The molecule has 0 spiro atoms. The highest BCUT2D eigenvalue weighted by molar-refractivity contribution is 7.18. The van der Waals surface area contributed by atoms with Crippen LogP contribution >= 0.6 is 36.2 Å². The molecule has 0 saturated carbocycles. The summed E-state index contributed by atoms with van der Waals surface area (Å²) in [6.07, 6.45) is 2.93. The van der Waals surface area contributed by atoms with Crippen molar-refractivity contribution in [1.29, 1.82) is 0 Å². The van der Waals surface area contributed by atoms with E-state index in [9.17, 15) is 9.59 Å². The number of nitrogens with one attached hydrogen (secondary N) is 2. The second-order valence-electron chi connectivity index (χ2n) is 6.42. The Balaban J connectivity index is 0.00000225. The molecule has 30 heavy (non-hydrogen) atoms. The molecule has 0 bridgehead atoms. The van der Waals surface area contributed by atoms with Gasteiger partial charge in [0, 0.05) is 19.5 Å². The number of benzene rings is 2. The Morgan fingerprint density at radius 1 is 1.00 bits per heavy atom. The number of anilines is 1.